The lowest BCUT2D eigenvalue weighted by molar-refractivity contribution is -0.145. The molecule has 176 valence electrons. The summed E-state index contributed by atoms with van der Waals surface area (Å²) in [4.78, 5) is 20.7. The van der Waals surface area contributed by atoms with Gasteiger partial charge in [0.05, 0.1) is 11.5 Å². The molecular formula is C22H27N5O5S. The van der Waals surface area contributed by atoms with Crippen LogP contribution < -0.4 is 9.64 Å². The maximum Gasteiger partial charge on any atom is 0.344 e. The van der Waals surface area contributed by atoms with E-state index in [0.29, 0.717) is 5.69 Å². The lowest BCUT2D eigenvalue weighted by atomic mass is 10.3. The van der Waals surface area contributed by atoms with Gasteiger partial charge in [0.15, 0.2) is 17.1 Å². The number of anilines is 1. The number of piperazine rings is 1. The number of aromatic nitrogens is 3. The van der Waals surface area contributed by atoms with Crippen LogP contribution in [0, 0.1) is 6.92 Å². The van der Waals surface area contributed by atoms with Gasteiger partial charge >= 0.3 is 5.97 Å². The Morgan fingerprint density at radius 3 is 2.48 bits per heavy atom. The van der Waals surface area contributed by atoms with Crippen molar-refractivity contribution in [3.8, 4) is 5.88 Å². The molecule has 10 nitrogen and oxygen atoms in total. The van der Waals surface area contributed by atoms with Crippen molar-refractivity contribution in [2.24, 2.45) is 0 Å². The van der Waals surface area contributed by atoms with E-state index in [4.69, 9.17) is 9.47 Å². The minimum Gasteiger partial charge on any atom is -0.464 e. The van der Waals surface area contributed by atoms with E-state index in [-0.39, 0.29) is 27.9 Å². The van der Waals surface area contributed by atoms with Gasteiger partial charge in [0, 0.05) is 37.9 Å². The highest BCUT2D eigenvalue weighted by atomic mass is 32.2. The minimum atomic E-state index is -4.04. The van der Waals surface area contributed by atoms with Crippen molar-refractivity contribution in [2.75, 3.05) is 51.3 Å². The highest BCUT2D eigenvalue weighted by molar-refractivity contribution is 7.91. The van der Waals surface area contributed by atoms with Crippen LogP contribution in [-0.4, -0.2) is 80.3 Å². The molecule has 11 heteroatoms. The van der Waals surface area contributed by atoms with E-state index in [9.17, 15) is 13.2 Å². The third-order valence-electron chi connectivity index (χ3n) is 5.41. The fourth-order valence-corrected chi connectivity index (χ4v) is 5.17. The highest BCUT2D eigenvalue weighted by Crippen LogP contribution is 2.34. The number of rotatable bonds is 7. The van der Waals surface area contributed by atoms with Crippen molar-refractivity contribution in [3.63, 3.8) is 0 Å². The van der Waals surface area contributed by atoms with E-state index in [2.05, 4.69) is 26.9 Å². The molecule has 0 saturated carbocycles. The molecule has 3 aromatic rings. The Labute approximate surface area is 192 Å². The van der Waals surface area contributed by atoms with Crippen LogP contribution in [-0.2, 0) is 19.4 Å². The molecule has 33 heavy (non-hydrogen) atoms. The molecule has 1 aliphatic heterocycles. The molecule has 1 aliphatic rings. The first kappa shape index (κ1) is 23.0. The fourth-order valence-electron chi connectivity index (χ4n) is 3.72. The summed E-state index contributed by atoms with van der Waals surface area (Å²) in [6, 6.07) is 9.91. The van der Waals surface area contributed by atoms with Crippen molar-refractivity contribution in [1.82, 2.24) is 19.5 Å². The van der Waals surface area contributed by atoms with Gasteiger partial charge in [-0.05, 0) is 33.0 Å². The van der Waals surface area contributed by atoms with E-state index >= 15 is 0 Å². The van der Waals surface area contributed by atoms with E-state index in [1.165, 1.54) is 16.6 Å². The van der Waals surface area contributed by atoms with E-state index in [0.717, 1.165) is 32.0 Å². The van der Waals surface area contributed by atoms with Crippen LogP contribution in [0.15, 0.2) is 46.2 Å². The number of carbonyl (C=O) groups is 1. The van der Waals surface area contributed by atoms with E-state index < -0.39 is 22.4 Å². The Balaban J connectivity index is 1.88. The largest absolute Gasteiger partial charge is 0.464 e. The third kappa shape index (κ3) is 4.64. The number of carbonyl (C=O) groups excluding carboxylic acids is 1. The first-order valence-electron chi connectivity index (χ1n) is 10.7. The van der Waals surface area contributed by atoms with Crippen molar-refractivity contribution in [3.05, 3.63) is 42.1 Å². The lowest BCUT2D eigenvalue weighted by Crippen LogP contribution is -2.45. The molecule has 2 aromatic heterocycles. The molecule has 4 rings (SSSR count). The molecule has 1 saturated heterocycles. The second-order valence-corrected chi connectivity index (χ2v) is 9.71. The van der Waals surface area contributed by atoms with Gasteiger partial charge in [0.2, 0.25) is 9.84 Å². The standard InChI is InChI=1S/C22H27N5O5S/c1-4-31-19(28)15-32-22-20(33(29,30)17-8-6-5-7-9-17)21-23-16(2)14-18(27(21)24-22)26-12-10-25(3)11-13-26/h5-9,14H,4,10-13,15H2,1-3H3. The van der Waals surface area contributed by atoms with Crippen molar-refractivity contribution >= 4 is 27.3 Å². The monoisotopic (exact) mass is 473 g/mol. The summed E-state index contributed by atoms with van der Waals surface area (Å²) in [5, 5.41) is 4.46. The summed E-state index contributed by atoms with van der Waals surface area (Å²) < 4.78 is 39.3. The number of fused-ring (bicyclic) bond motifs is 1. The Bertz CT molecular complexity index is 1250. The first-order valence-corrected chi connectivity index (χ1v) is 12.2. The number of benzene rings is 1. The number of sulfone groups is 1. The zero-order valence-electron chi connectivity index (χ0n) is 18.9. The maximum absolute atomic E-state index is 13.6. The van der Waals surface area contributed by atoms with Crippen molar-refractivity contribution in [1.29, 1.82) is 0 Å². The quantitative estimate of drug-likeness (QED) is 0.473. The summed E-state index contributed by atoms with van der Waals surface area (Å²) in [6.45, 7) is 6.48. The summed E-state index contributed by atoms with van der Waals surface area (Å²) in [6.07, 6.45) is 0. The molecule has 0 amide bonds. The van der Waals surface area contributed by atoms with Gasteiger partial charge in [-0.15, -0.1) is 5.10 Å². The van der Waals surface area contributed by atoms with Gasteiger partial charge in [-0.1, -0.05) is 18.2 Å². The zero-order chi connectivity index (χ0) is 23.6. The normalized spacial score (nSPS) is 15.1. The van der Waals surface area contributed by atoms with Gasteiger partial charge in [-0.2, -0.15) is 4.52 Å². The van der Waals surface area contributed by atoms with Crippen LogP contribution in [0.1, 0.15) is 12.6 Å². The average Bonchev–Trinajstić information content (AvgIpc) is 3.17. The molecular weight excluding hydrogens is 446 g/mol. The number of aryl methyl sites for hydroxylation is 1. The Kier molecular flexibility index (Phi) is 6.52. The van der Waals surface area contributed by atoms with Crippen LogP contribution in [0.4, 0.5) is 5.82 Å². The maximum atomic E-state index is 13.6. The molecule has 0 unspecified atom stereocenters. The summed E-state index contributed by atoms with van der Waals surface area (Å²) in [7, 11) is -1.98. The number of likely N-dealkylation sites (N-methyl/N-ethyl adjacent to an activating group) is 1. The molecule has 0 N–H and O–H groups in total. The smallest absolute Gasteiger partial charge is 0.344 e. The van der Waals surface area contributed by atoms with Crippen LogP contribution in [0.2, 0.25) is 0 Å². The lowest BCUT2D eigenvalue weighted by Gasteiger charge is -2.33. The van der Waals surface area contributed by atoms with Crippen molar-refractivity contribution in [2.45, 2.75) is 23.6 Å². The number of nitrogens with zero attached hydrogens (tertiary/aromatic N) is 5. The summed E-state index contributed by atoms with van der Waals surface area (Å²) >= 11 is 0. The van der Waals surface area contributed by atoms with Crippen molar-refractivity contribution < 1.29 is 22.7 Å². The van der Waals surface area contributed by atoms with Crippen LogP contribution in [0.5, 0.6) is 5.88 Å². The van der Waals surface area contributed by atoms with E-state index in [1.807, 2.05) is 13.0 Å². The van der Waals surface area contributed by atoms with Crippen LogP contribution in [0.3, 0.4) is 0 Å². The van der Waals surface area contributed by atoms with Gasteiger partial charge in [0.1, 0.15) is 5.82 Å². The molecule has 0 bridgehead atoms. The Morgan fingerprint density at radius 2 is 1.82 bits per heavy atom. The molecule has 0 radical (unpaired) electrons. The number of ether oxygens (including phenoxy) is 2. The average molecular weight is 474 g/mol. The number of esters is 1. The van der Waals surface area contributed by atoms with Crippen LogP contribution >= 0.6 is 0 Å². The van der Waals surface area contributed by atoms with Crippen LogP contribution in [0.25, 0.3) is 5.65 Å². The molecule has 1 fully saturated rings. The van der Waals surface area contributed by atoms with Gasteiger partial charge < -0.3 is 19.3 Å². The predicted octanol–water partition coefficient (Wildman–Crippen LogP) is 1.56. The Morgan fingerprint density at radius 1 is 1.12 bits per heavy atom. The number of hydrogen-bond donors (Lipinski definition) is 0. The second-order valence-electron chi connectivity index (χ2n) is 7.83. The predicted molar refractivity (Wildman–Crippen MR) is 121 cm³/mol. The molecule has 1 aromatic carbocycles. The summed E-state index contributed by atoms with van der Waals surface area (Å²) in [5.74, 6) is -0.0671. The molecule has 3 heterocycles. The second kappa shape index (κ2) is 9.36. The Hall–Kier alpha value is -3.18. The first-order chi connectivity index (χ1) is 15.8. The highest BCUT2D eigenvalue weighted by Gasteiger charge is 2.32. The van der Waals surface area contributed by atoms with Gasteiger partial charge in [-0.3, -0.25) is 0 Å². The molecule has 0 atom stereocenters. The molecule has 0 aliphatic carbocycles. The number of hydrogen-bond acceptors (Lipinski definition) is 9. The van der Waals surface area contributed by atoms with Gasteiger partial charge in [-0.25, -0.2) is 18.2 Å². The van der Waals surface area contributed by atoms with E-state index in [1.54, 1.807) is 25.1 Å². The molecule has 0 spiro atoms. The minimum absolute atomic E-state index is 0.0883. The SMILES string of the molecule is CCOC(=O)COc1nn2c(N3CCN(C)CC3)cc(C)nc2c1S(=O)(=O)c1ccccc1. The fraction of sp³-hybridized carbons (Fsp3) is 0.409. The zero-order valence-corrected chi connectivity index (χ0v) is 19.7. The topological polar surface area (TPSA) is 106 Å². The van der Waals surface area contributed by atoms with Gasteiger partial charge in [0.25, 0.3) is 5.88 Å². The third-order valence-corrected chi connectivity index (χ3v) is 7.20. The summed E-state index contributed by atoms with van der Waals surface area (Å²) in [5.41, 5.74) is 0.810.